The molecule has 1 aromatic heterocycles. The second-order valence-corrected chi connectivity index (χ2v) is 13.1. The lowest BCUT2D eigenvalue weighted by Crippen LogP contribution is -2.35. The number of aliphatic imine (C=N–C) groups is 1. The fraction of sp³-hybridized carbons (Fsp3) is 0.258. The van der Waals surface area contributed by atoms with E-state index in [1.54, 1.807) is 31.8 Å². The van der Waals surface area contributed by atoms with Gasteiger partial charge < -0.3 is 25.0 Å². The van der Waals surface area contributed by atoms with Gasteiger partial charge in [-0.3, -0.25) is 19.1 Å². The lowest BCUT2D eigenvalue weighted by Gasteiger charge is -2.26. The first-order valence-corrected chi connectivity index (χ1v) is 15.9. The molecule has 0 radical (unpaired) electrons. The molecular weight excluding hydrogens is 568 g/mol. The Labute approximate surface area is 252 Å². The van der Waals surface area contributed by atoms with Crippen molar-refractivity contribution in [1.82, 2.24) is 25.4 Å². The molecule has 3 aromatic carbocycles. The minimum atomic E-state index is -1.83. The number of nitrogens with one attached hydrogen (secondary N) is 2. The molecule has 0 unspecified atom stereocenters. The zero-order valence-corrected chi connectivity index (χ0v) is 25.6. The zero-order chi connectivity index (χ0) is 31.1. The highest BCUT2D eigenvalue weighted by Gasteiger charge is 2.22. The number of aryl methyl sites for hydroxylation is 1. The van der Waals surface area contributed by atoms with Crippen LogP contribution in [0.3, 0.4) is 0 Å². The number of phenolic OH excluding ortho intramolecular Hbond substituents is 1. The summed E-state index contributed by atoms with van der Waals surface area (Å²) in [6.45, 7) is 4.03. The van der Waals surface area contributed by atoms with E-state index >= 15 is 0 Å². The molecule has 4 aromatic rings. The van der Waals surface area contributed by atoms with Crippen LogP contribution in [0.15, 0.2) is 76.6 Å². The molecule has 11 nitrogen and oxygen atoms in total. The van der Waals surface area contributed by atoms with Gasteiger partial charge in [0.05, 0.1) is 25.1 Å². The van der Waals surface area contributed by atoms with Crippen molar-refractivity contribution in [2.24, 2.45) is 4.99 Å². The van der Waals surface area contributed by atoms with Crippen LogP contribution in [0.1, 0.15) is 35.3 Å². The monoisotopic (exact) mass is 604 g/mol. The largest absolute Gasteiger partial charge is 0.508 e. The van der Waals surface area contributed by atoms with Crippen LogP contribution in [0.25, 0.3) is 5.69 Å². The van der Waals surface area contributed by atoms with E-state index in [0.29, 0.717) is 13.1 Å². The van der Waals surface area contributed by atoms with Gasteiger partial charge in [0.1, 0.15) is 23.9 Å². The van der Waals surface area contributed by atoms with Gasteiger partial charge >= 0.3 is 0 Å². The highest BCUT2D eigenvalue weighted by atomic mass is 32.3. The van der Waals surface area contributed by atoms with Gasteiger partial charge in [0.2, 0.25) is 11.8 Å². The standard InChI is InChI=1S/C18H16N4O2.C13H20N2O3S/c1-11-20-21-17-10-19-18(12-3-5-13(23)6-4-12)15-9-14(24-2)7-8-16(15)22(11)17;1-10(16)14-9-13(17)15-8-11-6-4-5-7-12(11)19(2,3)18/h3-9,23H,10H2,1-2H3;4-7,18H,8-9H2,1-3H3,(H,14,16)(H,15,17). The smallest absolute Gasteiger partial charge is 0.239 e. The summed E-state index contributed by atoms with van der Waals surface area (Å²) in [4.78, 5) is 27.8. The van der Waals surface area contributed by atoms with E-state index in [1.165, 1.54) is 6.92 Å². The number of methoxy groups -OCH3 is 1. The Balaban J connectivity index is 0.000000204. The molecule has 12 heteroatoms. The number of carbonyl (C=O) groups is 2. The summed E-state index contributed by atoms with van der Waals surface area (Å²) >= 11 is 0. The third kappa shape index (κ3) is 7.79. The minimum Gasteiger partial charge on any atom is -0.508 e. The van der Waals surface area contributed by atoms with E-state index in [4.69, 9.17) is 9.73 Å². The predicted molar refractivity (Wildman–Crippen MR) is 167 cm³/mol. The van der Waals surface area contributed by atoms with Crippen LogP contribution >= 0.6 is 10.3 Å². The molecule has 0 spiro atoms. The molecule has 0 saturated heterocycles. The molecular formula is C31H36N6O5S. The van der Waals surface area contributed by atoms with E-state index in [1.807, 2.05) is 66.1 Å². The zero-order valence-electron chi connectivity index (χ0n) is 24.8. The van der Waals surface area contributed by atoms with E-state index < -0.39 is 10.3 Å². The highest BCUT2D eigenvalue weighted by Crippen LogP contribution is 2.46. The van der Waals surface area contributed by atoms with Crippen molar-refractivity contribution in [2.75, 3.05) is 26.2 Å². The van der Waals surface area contributed by atoms with E-state index in [-0.39, 0.29) is 24.1 Å². The lowest BCUT2D eigenvalue weighted by molar-refractivity contribution is -0.125. The van der Waals surface area contributed by atoms with Gasteiger partial charge in [0.25, 0.3) is 0 Å². The number of aromatic hydroxyl groups is 1. The number of fused-ring (bicyclic) bond motifs is 3. The third-order valence-electron chi connectivity index (χ3n) is 6.60. The maximum atomic E-state index is 11.5. The average molecular weight is 605 g/mol. The maximum absolute atomic E-state index is 11.5. The van der Waals surface area contributed by atoms with E-state index in [0.717, 1.165) is 50.4 Å². The molecule has 1 aliphatic heterocycles. The molecule has 2 amide bonds. The van der Waals surface area contributed by atoms with Gasteiger partial charge in [0.15, 0.2) is 5.82 Å². The first-order valence-electron chi connectivity index (χ1n) is 13.5. The van der Waals surface area contributed by atoms with Crippen molar-refractivity contribution in [3.8, 4) is 17.2 Å². The van der Waals surface area contributed by atoms with Crippen molar-refractivity contribution in [1.29, 1.82) is 0 Å². The first-order chi connectivity index (χ1) is 20.5. The molecule has 2 heterocycles. The Morgan fingerprint density at radius 2 is 1.74 bits per heavy atom. The van der Waals surface area contributed by atoms with Crippen LogP contribution in [0, 0.1) is 6.92 Å². The quantitative estimate of drug-likeness (QED) is 0.249. The lowest BCUT2D eigenvalue weighted by atomic mass is 10.00. The summed E-state index contributed by atoms with van der Waals surface area (Å²) in [6.07, 6.45) is 3.57. The van der Waals surface area contributed by atoms with Crippen molar-refractivity contribution in [2.45, 2.75) is 31.8 Å². The van der Waals surface area contributed by atoms with Gasteiger partial charge in [-0.2, -0.15) is 0 Å². The third-order valence-corrected chi connectivity index (χ3v) is 8.07. The molecule has 5 rings (SSSR count). The Kier molecular flexibility index (Phi) is 9.84. The number of hydrogen-bond acceptors (Lipinski definition) is 8. The summed E-state index contributed by atoms with van der Waals surface area (Å²) in [6, 6.07) is 20.4. The highest BCUT2D eigenvalue weighted by molar-refractivity contribution is 8.28. The summed E-state index contributed by atoms with van der Waals surface area (Å²) in [5.74, 6) is 2.11. The van der Waals surface area contributed by atoms with Gasteiger partial charge in [-0.05, 0) is 73.5 Å². The summed E-state index contributed by atoms with van der Waals surface area (Å²) in [7, 11) is -0.184. The number of nitrogens with zero attached hydrogens (tertiary/aromatic N) is 4. The van der Waals surface area contributed by atoms with Gasteiger partial charge in [-0.1, -0.05) is 18.2 Å². The Hall–Kier alpha value is -4.68. The molecule has 4 N–H and O–H groups in total. The topological polar surface area (TPSA) is 151 Å². The molecule has 0 aliphatic carbocycles. The van der Waals surface area contributed by atoms with E-state index in [2.05, 4.69) is 20.8 Å². The summed E-state index contributed by atoms with van der Waals surface area (Å²) in [5, 5.41) is 23.1. The molecule has 1 aliphatic rings. The van der Waals surface area contributed by atoms with Crippen LogP contribution in [-0.2, 0) is 22.7 Å². The number of amides is 2. The van der Waals surface area contributed by atoms with Crippen LogP contribution in [0.2, 0.25) is 0 Å². The molecule has 0 bridgehead atoms. The first kappa shape index (κ1) is 31.3. The fourth-order valence-corrected chi connectivity index (χ4v) is 5.74. The Morgan fingerprint density at radius 1 is 1.02 bits per heavy atom. The average Bonchev–Trinajstić information content (AvgIpc) is 3.26. The fourth-order valence-electron chi connectivity index (χ4n) is 4.55. The maximum Gasteiger partial charge on any atom is 0.239 e. The predicted octanol–water partition coefficient (Wildman–Crippen LogP) is 3.98. The van der Waals surface area contributed by atoms with Crippen LogP contribution in [-0.4, -0.2) is 68.1 Å². The molecule has 0 atom stereocenters. The van der Waals surface area contributed by atoms with Crippen LogP contribution < -0.4 is 15.4 Å². The normalized spacial score (nSPS) is 12.4. The van der Waals surface area contributed by atoms with Gasteiger partial charge in [0, 0.05) is 29.5 Å². The Bertz CT molecular complexity index is 1640. The second kappa shape index (κ2) is 13.5. The molecule has 226 valence electrons. The number of benzene rings is 3. The summed E-state index contributed by atoms with van der Waals surface area (Å²) in [5.41, 5.74) is 4.58. The molecule has 0 saturated carbocycles. The van der Waals surface area contributed by atoms with Crippen LogP contribution in [0.5, 0.6) is 11.5 Å². The van der Waals surface area contributed by atoms with Crippen molar-refractivity contribution < 1.29 is 24.0 Å². The van der Waals surface area contributed by atoms with Crippen molar-refractivity contribution in [3.63, 3.8) is 0 Å². The second-order valence-electron chi connectivity index (χ2n) is 10.2. The number of aromatic nitrogens is 3. The van der Waals surface area contributed by atoms with Crippen molar-refractivity contribution in [3.05, 3.63) is 95.1 Å². The minimum absolute atomic E-state index is 0.0348. The van der Waals surface area contributed by atoms with Gasteiger partial charge in [-0.25, -0.2) is 0 Å². The SMILES string of the molecule is CC(=O)NCC(=O)NCc1ccccc1S(C)(C)O.COc1ccc2c(c1)C(c1ccc(O)cc1)=NCc1nnc(C)n1-2. The molecule has 0 fully saturated rings. The van der Waals surface area contributed by atoms with Crippen molar-refractivity contribution >= 4 is 27.8 Å². The number of ether oxygens (including phenoxy) is 1. The van der Waals surface area contributed by atoms with E-state index in [9.17, 15) is 19.2 Å². The summed E-state index contributed by atoms with van der Waals surface area (Å²) < 4.78 is 17.5. The molecule has 43 heavy (non-hydrogen) atoms. The van der Waals surface area contributed by atoms with Gasteiger partial charge in [-0.15, -0.1) is 20.5 Å². The number of hydrogen-bond donors (Lipinski definition) is 4. The number of rotatable bonds is 7. The Morgan fingerprint density at radius 3 is 2.42 bits per heavy atom. The number of phenols is 1. The van der Waals surface area contributed by atoms with Crippen LogP contribution in [0.4, 0.5) is 0 Å². The number of carbonyl (C=O) groups excluding carboxylic acids is 2.